The average Bonchev–Trinajstić information content (AvgIpc) is 3.11. The number of carbonyl (C=O) groups excluding carboxylic acids is 2. The Morgan fingerprint density at radius 3 is 2.50 bits per heavy atom. The lowest BCUT2D eigenvalue weighted by molar-refractivity contribution is -0.127. The molecule has 1 saturated heterocycles. The van der Waals surface area contributed by atoms with E-state index >= 15 is 0 Å². The third kappa shape index (κ3) is 4.36. The molecule has 2 aromatic carbocycles. The van der Waals surface area contributed by atoms with Gasteiger partial charge in [-0.25, -0.2) is 9.79 Å². The molecular formula is C23H26N4O2S. The Labute approximate surface area is 181 Å². The zero-order valence-electron chi connectivity index (χ0n) is 17.2. The molecule has 0 aromatic heterocycles. The SMILES string of the molecule is Cc1ccc(CN2C(SCCCc3ccccc3)=NC3C2C(=O)NC(=O)N3C)cc1. The van der Waals surface area contributed by atoms with Crippen LogP contribution in [0.5, 0.6) is 0 Å². The average molecular weight is 423 g/mol. The van der Waals surface area contributed by atoms with Crippen LogP contribution in [0.3, 0.4) is 0 Å². The first kappa shape index (κ1) is 20.5. The number of imide groups is 1. The van der Waals surface area contributed by atoms with Gasteiger partial charge in [0.15, 0.2) is 17.4 Å². The molecule has 6 nitrogen and oxygen atoms in total. The van der Waals surface area contributed by atoms with Crippen molar-refractivity contribution in [1.82, 2.24) is 15.1 Å². The smallest absolute Gasteiger partial charge is 0.325 e. The minimum atomic E-state index is -0.495. The van der Waals surface area contributed by atoms with Crippen molar-refractivity contribution in [1.29, 1.82) is 0 Å². The van der Waals surface area contributed by atoms with E-state index in [0.29, 0.717) is 6.54 Å². The van der Waals surface area contributed by atoms with Crippen LogP contribution in [0, 0.1) is 6.92 Å². The second-order valence-electron chi connectivity index (χ2n) is 7.73. The van der Waals surface area contributed by atoms with Gasteiger partial charge in [-0.3, -0.25) is 10.1 Å². The maximum atomic E-state index is 12.7. The monoisotopic (exact) mass is 422 g/mol. The first-order valence-corrected chi connectivity index (χ1v) is 11.2. The van der Waals surface area contributed by atoms with Gasteiger partial charge in [-0.1, -0.05) is 71.9 Å². The predicted octanol–water partition coefficient (Wildman–Crippen LogP) is 3.41. The Morgan fingerprint density at radius 2 is 1.77 bits per heavy atom. The summed E-state index contributed by atoms with van der Waals surface area (Å²) >= 11 is 1.66. The molecule has 2 aliphatic rings. The molecule has 2 aliphatic heterocycles. The lowest BCUT2D eigenvalue weighted by Crippen LogP contribution is -2.63. The summed E-state index contributed by atoms with van der Waals surface area (Å²) < 4.78 is 0. The van der Waals surface area contributed by atoms with Gasteiger partial charge in [0.2, 0.25) is 0 Å². The number of hydrogen-bond acceptors (Lipinski definition) is 5. The Morgan fingerprint density at radius 1 is 1.03 bits per heavy atom. The molecule has 0 bridgehead atoms. The van der Waals surface area contributed by atoms with Crippen LogP contribution in [0.2, 0.25) is 0 Å². The summed E-state index contributed by atoms with van der Waals surface area (Å²) in [7, 11) is 1.69. The predicted molar refractivity (Wildman–Crippen MR) is 120 cm³/mol. The van der Waals surface area contributed by atoms with E-state index in [1.807, 2.05) is 11.0 Å². The van der Waals surface area contributed by atoms with Crippen LogP contribution in [0.25, 0.3) is 0 Å². The molecule has 3 amide bonds. The van der Waals surface area contributed by atoms with Crippen LogP contribution in [-0.4, -0.2) is 51.9 Å². The van der Waals surface area contributed by atoms with Crippen LogP contribution in [0.15, 0.2) is 59.6 Å². The molecule has 2 heterocycles. The molecule has 0 radical (unpaired) electrons. The number of thioether (sulfide) groups is 1. The van der Waals surface area contributed by atoms with E-state index in [1.54, 1.807) is 18.8 Å². The number of nitrogens with zero attached hydrogens (tertiary/aromatic N) is 3. The number of benzene rings is 2. The van der Waals surface area contributed by atoms with Gasteiger partial charge < -0.3 is 9.80 Å². The van der Waals surface area contributed by atoms with E-state index < -0.39 is 18.2 Å². The van der Waals surface area contributed by atoms with Crippen molar-refractivity contribution in [3.63, 3.8) is 0 Å². The molecule has 0 saturated carbocycles. The molecule has 2 aromatic rings. The maximum Gasteiger partial charge on any atom is 0.325 e. The van der Waals surface area contributed by atoms with Crippen molar-refractivity contribution < 1.29 is 9.59 Å². The number of carbonyl (C=O) groups is 2. The summed E-state index contributed by atoms with van der Waals surface area (Å²) in [5.74, 6) is 0.621. The van der Waals surface area contributed by atoms with E-state index in [9.17, 15) is 9.59 Å². The number of fused-ring (bicyclic) bond motifs is 1. The molecule has 2 atom stereocenters. The molecular weight excluding hydrogens is 396 g/mol. The van der Waals surface area contributed by atoms with E-state index in [-0.39, 0.29) is 5.91 Å². The van der Waals surface area contributed by atoms with Crippen molar-refractivity contribution in [2.45, 2.75) is 38.5 Å². The van der Waals surface area contributed by atoms with Crippen molar-refractivity contribution in [2.75, 3.05) is 12.8 Å². The number of likely N-dealkylation sites (N-methyl/N-ethyl adjacent to an activating group) is 1. The Kier molecular flexibility index (Phi) is 6.08. The standard InChI is InChI=1S/C23H26N4O2S/c1-16-10-12-18(13-11-16)15-27-19-20(26(2)22(29)25-21(19)28)24-23(27)30-14-6-9-17-7-4-3-5-8-17/h3-5,7-8,10-13,19-20H,6,9,14-15H2,1-2H3,(H,25,28,29). The molecule has 1 N–H and O–H groups in total. The lowest BCUT2D eigenvalue weighted by atomic mass is 10.1. The topological polar surface area (TPSA) is 65.0 Å². The normalized spacial score (nSPS) is 20.8. The van der Waals surface area contributed by atoms with Gasteiger partial charge in [-0.2, -0.15) is 0 Å². The molecule has 2 unspecified atom stereocenters. The van der Waals surface area contributed by atoms with Gasteiger partial charge in [0, 0.05) is 19.3 Å². The van der Waals surface area contributed by atoms with Crippen molar-refractivity contribution in [3.8, 4) is 0 Å². The number of amidine groups is 1. The van der Waals surface area contributed by atoms with Gasteiger partial charge in [0.25, 0.3) is 5.91 Å². The Bertz CT molecular complexity index is 945. The fourth-order valence-electron chi connectivity index (χ4n) is 3.76. The minimum absolute atomic E-state index is 0.279. The van der Waals surface area contributed by atoms with Gasteiger partial charge in [-0.05, 0) is 30.9 Å². The number of aliphatic imine (C=N–C) groups is 1. The number of rotatable bonds is 6. The van der Waals surface area contributed by atoms with Crippen LogP contribution in [0.4, 0.5) is 4.79 Å². The summed E-state index contributed by atoms with van der Waals surface area (Å²) in [4.78, 5) is 33.1. The summed E-state index contributed by atoms with van der Waals surface area (Å²) in [5, 5.41) is 3.29. The highest BCUT2D eigenvalue weighted by atomic mass is 32.2. The third-order valence-corrected chi connectivity index (χ3v) is 6.57. The zero-order valence-corrected chi connectivity index (χ0v) is 18.1. The van der Waals surface area contributed by atoms with E-state index in [1.165, 1.54) is 16.0 Å². The fourth-order valence-corrected chi connectivity index (χ4v) is 4.76. The van der Waals surface area contributed by atoms with Crippen molar-refractivity contribution in [2.24, 2.45) is 4.99 Å². The van der Waals surface area contributed by atoms with Crippen LogP contribution in [0.1, 0.15) is 23.1 Å². The second kappa shape index (κ2) is 8.92. The highest BCUT2D eigenvalue weighted by Gasteiger charge is 2.48. The summed E-state index contributed by atoms with van der Waals surface area (Å²) in [5.41, 5.74) is 3.63. The maximum absolute atomic E-state index is 12.7. The zero-order chi connectivity index (χ0) is 21.1. The van der Waals surface area contributed by atoms with Crippen molar-refractivity contribution in [3.05, 3.63) is 71.3 Å². The number of nitrogens with one attached hydrogen (secondary N) is 1. The summed E-state index contributed by atoms with van der Waals surface area (Å²) in [6.07, 6.45) is 1.54. The van der Waals surface area contributed by atoms with Crippen molar-refractivity contribution >= 4 is 28.9 Å². The molecule has 0 aliphatic carbocycles. The first-order valence-electron chi connectivity index (χ1n) is 10.2. The second-order valence-corrected chi connectivity index (χ2v) is 8.79. The first-order chi connectivity index (χ1) is 14.5. The third-order valence-electron chi connectivity index (χ3n) is 5.48. The highest BCUT2D eigenvalue weighted by molar-refractivity contribution is 8.13. The number of aryl methyl sites for hydroxylation is 2. The molecule has 4 rings (SSSR count). The van der Waals surface area contributed by atoms with Gasteiger partial charge >= 0.3 is 6.03 Å². The van der Waals surface area contributed by atoms with Crippen LogP contribution < -0.4 is 5.32 Å². The largest absolute Gasteiger partial charge is 0.331 e. The van der Waals surface area contributed by atoms with Gasteiger partial charge in [0.05, 0.1) is 0 Å². The van der Waals surface area contributed by atoms with Gasteiger partial charge in [-0.15, -0.1) is 0 Å². The van der Waals surface area contributed by atoms with E-state index in [0.717, 1.165) is 29.3 Å². The number of urea groups is 1. The summed E-state index contributed by atoms with van der Waals surface area (Å²) in [6.45, 7) is 2.64. The highest BCUT2D eigenvalue weighted by Crippen LogP contribution is 2.30. The van der Waals surface area contributed by atoms with Crippen LogP contribution in [-0.2, 0) is 17.8 Å². The van der Waals surface area contributed by atoms with Gasteiger partial charge in [0.1, 0.15) is 0 Å². The molecule has 156 valence electrons. The molecule has 30 heavy (non-hydrogen) atoms. The number of hydrogen-bond donors (Lipinski definition) is 1. The molecule has 7 heteroatoms. The lowest BCUT2D eigenvalue weighted by Gasteiger charge is -2.36. The molecule has 0 spiro atoms. The van der Waals surface area contributed by atoms with Crippen LogP contribution >= 0.6 is 11.8 Å². The Balaban J connectivity index is 1.48. The van der Waals surface area contributed by atoms with E-state index in [4.69, 9.17) is 4.99 Å². The quantitative estimate of drug-likeness (QED) is 0.725. The Hall–Kier alpha value is -2.80. The fraction of sp³-hybridized carbons (Fsp3) is 0.348. The number of amides is 3. The minimum Gasteiger partial charge on any atom is -0.331 e. The van der Waals surface area contributed by atoms with E-state index in [2.05, 4.69) is 60.8 Å². The summed E-state index contributed by atoms with van der Waals surface area (Å²) in [6, 6.07) is 17.8. The molecule has 1 fully saturated rings.